The molecule has 0 atom stereocenters. The van der Waals surface area contributed by atoms with Crippen molar-refractivity contribution in [1.82, 2.24) is 14.5 Å². The average Bonchev–Trinajstić information content (AvgIpc) is 3.32. The van der Waals surface area contributed by atoms with Crippen LogP contribution in [0.2, 0.25) is 0 Å². The summed E-state index contributed by atoms with van der Waals surface area (Å²) in [6.45, 7) is 0. The first-order valence-corrected chi connectivity index (χ1v) is 12.3. The molecule has 4 aromatic carbocycles. The predicted octanol–water partition coefficient (Wildman–Crippen LogP) is 7.90. The van der Waals surface area contributed by atoms with Crippen LogP contribution in [0.3, 0.4) is 0 Å². The fourth-order valence-electron chi connectivity index (χ4n) is 4.64. The van der Waals surface area contributed by atoms with Crippen LogP contribution in [0.5, 0.6) is 11.6 Å². The second-order valence-corrected chi connectivity index (χ2v) is 8.75. The van der Waals surface area contributed by atoms with Gasteiger partial charge in [-0.3, -0.25) is 4.98 Å². The Labute approximate surface area is 272 Å². The molecule has 6 heteroatoms. The van der Waals surface area contributed by atoms with Crippen molar-refractivity contribution in [2.75, 3.05) is 0 Å². The van der Waals surface area contributed by atoms with Crippen LogP contribution in [0.25, 0.3) is 50.1 Å². The molecule has 0 spiro atoms. The van der Waals surface area contributed by atoms with Crippen molar-refractivity contribution in [2.45, 2.75) is 0 Å². The number of ether oxygens (including phenoxy) is 1. The summed E-state index contributed by atoms with van der Waals surface area (Å²) in [4.78, 5) is 9.63. The molecule has 0 aliphatic rings. The maximum absolute atomic E-state index is 6.20. The zero-order valence-corrected chi connectivity index (χ0v) is 26.2. The van der Waals surface area contributed by atoms with Crippen LogP contribution in [-0.4, -0.2) is 14.5 Å². The summed E-state index contributed by atoms with van der Waals surface area (Å²) in [5, 5.41) is 2.18. The van der Waals surface area contributed by atoms with E-state index in [1.807, 2.05) is 97.1 Å². The van der Waals surface area contributed by atoms with E-state index in [4.69, 9.17) is 9.72 Å². The van der Waals surface area contributed by atoms with E-state index in [1.165, 1.54) is 0 Å². The standard InChI is InChI=1S/C34H19N3O.Pt.Y/c1-3-11-24(12-4-1)29-16-9-19-33(35-29)37-31-18-8-7-15-27(31)28-22-21-26(23-32(28)37)38-34-20-10-17-30(36-34)25-13-5-2-6-14-25;;/h1-11,13,15,17-22H;;/q-4;+2;. The largest absolute Gasteiger partial charge is 2.00 e. The molecule has 4 nitrogen and oxygen atoms in total. The normalized spacial score (nSPS) is 10.6. The smallest absolute Gasteiger partial charge is 0.466 e. The molecule has 0 aliphatic carbocycles. The van der Waals surface area contributed by atoms with E-state index in [9.17, 15) is 0 Å². The molecule has 0 saturated heterocycles. The van der Waals surface area contributed by atoms with E-state index < -0.39 is 0 Å². The number of hydrogen-bond acceptors (Lipinski definition) is 3. The molecule has 7 aromatic rings. The summed E-state index contributed by atoms with van der Waals surface area (Å²) < 4.78 is 8.31. The molecule has 0 bridgehead atoms. The number of pyridine rings is 2. The molecule has 0 saturated carbocycles. The molecule has 0 amide bonds. The van der Waals surface area contributed by atoms with Crippen LogP contribution < -0.4 is 4.74 Å². The van der Waals surface area contributed by atoms with Crippen LogP contribution in [0.15, 0.2) is 115 Å². The van der Waals surface area contributed by atoms with Crippen molar-refractivity contribution in [1.29, 1.82) is 0 Å². The van der Waals surface area contributed by atoms with Crippen molar-refractivity contribution < 1.29 is 58.5 Å². The summed E-state index contributed by atoms with van der Waals surface area (Å²) in [5.41, 5.74) is 5.25. The van der Waals surface area contributed by atoms with Gasteiger partial charge in [-0.1, -0.05) is 35.8 Å². The van der Waals surface area contributed by atoms with Gasteiger partial charge in [-0.05, 0) is 23.2 Å². The van der Waals surface area contributed by atoms with Crippen LogP contribution in [0, 0.1) is 24.3 Å². The van der Waals surface area contributed by atoms with Gasteiger partial charge in [0.25, 0.3) is 0 Å². The predicted molar refractivity (Wildman–Crippen MR) is 149 cm³/mol. The van der Waals surface area contributed by atoms with Crippen LogP contribution >= 0.6 is 0 Å². The van der Waals surface area contributed by atoms with E-state index >= 15 is 0 Å². The Morgan fingerprint density at radius 2 is 1.40 bits per heavy atom. The molecule has 0 N–H and O–H groups in total. The molecular weight excluding hydrogens is 750 g/mol. The van der Waals surface area contributed by atoms with Gasteiger partial charge < -0.3 is 14.3 Å². The second kappa shape index (κ2) is 12.4. The van der Waals surface area contributed by atoms with E-state index in [2.05, 4.69) is 52.0 Å². The number of benzene rings is 4. The summed E-state index contributed by atoms with van der Waals surface area (Å²) in [7, 11) is 0. The molecule has 1 radical (unpaired) electrons. The minimum atomic E-state index is 0. The number of hydrogen-bond donors (Lipinski definition) is 0. The maximum Gasteiger partial charge on any atom is 2.00 e. The van der Waals surface area contributed by atoms with Gasteiger partial charge in [-0.2, -0.15) is 30.3 Å². The van der Waals surface area contributed by atoms with Crippen molar-refractivity contribution >= 4 is 21.8 Å². The fourth-order valence-corrected chi connectivity index (χ4v) is 4.64. The molecule has 0 fully saturated rings. The summed E-state index contributed by atoms with van der Waals surface area (Å²) in [6, 6.07) is 50.6. The molecule has 7 rings (SSSR count). The zero-order chi connectivity index (χ0) is 25.3. The third kappa shape index (κ3) is 5.45. The third-order valence-corrected chi connectivity index (χ3v) is 6.35. The molecule has 3 heterocycles. The molecule has 0 aliphatic heterocycles. The summed E-state index contributed by atoms with van der Waals surface area (Å²) >= 11 is 0. The SMILES string of the molecule is [Pt+2].[Y].[c-]1ccccc1-c1[c-]ccc(-n2c3[c-]c(Oc4cccc(-c5[c-]cccc5)n4)ccc3c3ccccc32)n1. The van der Waals surface area contributed by atoms with E-state index in [0.717, 1.165) is 50.1 Å². The Hall–Kier alpha value is -3.43. The average molecular weight is 770 g/mol. The van der Waals surface area contributed by atoms with Crippen LogP contribution in [-0.2, 0) is 53.8 Å². The first kappa shape index (κ1) is 28.1. The minimum Gasteiger partial charge on any atom is -0.466 e. The Balaban J connectivity index is 0.00000161. The minimum absolute atomic E-state index is 0. The van der Waals surface area contributed by atoms with Crippen molar-refractivity contribution in [3.05, 3.63) is 140 Å². The van der Waals surface area contributed by atoms with Gasteiger partial charge in [0.15, 0.2) is 0 Å². The Morgan fingerprint density at radius 1 is 0.625 bits per heavy atom. The fraction of sp³-hybridized carbons (Fsp3) is 0. The number of rotatable bonds is 5. The van der Waals surface area contributed by atoms with Gasteiger partial charge in [-0.15, -0.1) is 71.2 Å². The van der Waals surface area contributed by atoms with Gasteiger partial charge in [0.1, 0.15) is 0 Å². The summed E-state index contributed by atoms with van der Waals surface area (Å²) in [6.07, 6.45) is 0. The second-order valence-electron chi connectivity index (χ2n) is 8.75. The van der Waals surface area contributed by atoms with E-state index in [1.54, 1.807) is 0 Å². The number of aromatic nitrogens is 3. The Kier molecular flexibility index (Phi) is 8.71. The van der Waals surface area contributed by atoms with Gasteiger partial charge >= 0.3 is 21.1 Å². The third-order valence-electron chi connectivity index (χ3n) is 6.35. The van der Waals surface area contributed by atoms with Crippen molar-refractivity contribution in [3.63, 3.8) is 0 Å². The maximum atomic E-state index is 6.20. The first-order valence-electron chi connectivity index (χ1n) is 12.3. The zero-order valence-electron chi connectivity index (χ0n) is 21.1. The monoisotopic (exact) mass is 769 g/mol. The summed E-state index contributed by atoms with van der Waals surface area (Å²) in [5.74, 6) is 1.84. The number of fused-ring (bicyclic) bond motifs is 3. The Bertz CT molecular complexity index is 1910. The van der Waals surface area contributed by atoms with Gasteiger partial charge in [-0.25, -0.2) is 17.7 Å². The molecule has 0 unspecified atom stereocenters. The Morgan fingerprint density at radius 3 is 2.20 bits per heavy atom. The van der Waals surface area contributed by atoms with E-state index in [-0.39, 0.29) is 53.8 Å². The van der Waals surface area contributed by atoms with Crippen molar-refractivity contribution in [3.8, 4) is 40.0 Å². The first-order chi connectivity index (χ1) is 18.8. The topological polar surface area (TPSA) is 39.9 Å². The number of para-hydroxylation sites is 1. The van der Waals surface area contributed by atoms with Gasteiger partial charge in [0.2, 0.25) is 5.88 Å². The molecule has 3 aromatic heterocycles. The molecular formula is C34H19N3OPtY-2. The van der Waals surface area contributed by atoms with Gasteiger partial charge in [0.05, 0.1) is 5.82 Å². The number of nitrogens with zero attached hydrogens (tertiary/aromatic N) is 3. The quantitative estimate of drug-likeness (QED) is 0.167. The molecule has 40 heavy (non-hydrogen) atoms. The van der Waals surface area contributed by atoms with Crippen LogP contribution in [0.4, 0.5) is 0 Å². The molecule has 191 valence electrons. The van der Waals surface area contributed by atoms with Crippen LogP contribution in [0.1, 0.15) is 0 Å². The van der Waals surface area contributed by atoms with E-state index in [0.29, 0.717) is 11.6 Å². The van der Waals surface area contributed by atoms with Crippen molar-refractivity contribution in [2.24, 2.45) is 0 Å². The van der Waals surface area contributed by atoms with Gasteiger partial charge in [0, 0.05) is 44.0 Å².